The van der Waals surface area contributed by atoms with E-state index in [4.69, 9.17) is 15.6 Å². The quantitative estimate of drug-likeness (QED) is 0.651. The van der Waals surface area contributed by atoms with Gasteiger partial charge in [0.1, 0.15) is 0 Å². The Labute approximate surface area is 73.9 Å². The zero-order valence-electron chi connectivity index (χ0n) is 7.92. The number of rotatable bonds is 4. The molecule has 0 heterocycles. The average Bonchev–Trinajstić information content (AvgIpc) is 1.95. The van der Waals surface area contributed by atoms with Crippen molar-refractivity contribution >= 4 is 0 Å². The van der Waals surface area contributed by atoms with Crippen molar-refractivity contribution in [2.24, 2.45) is 11.1 Å². The molecule has 72 valence electrons. The molecule has 0 radical (unpaired) electrons. The Balaban J connectivity index is 2.44. The van der Waals surface area contributed by atoms with Crippen LogP contribution >= 0.6 is 0 Å². The van der Waals surface area contributed by atoms with Gasteiger partial charge < -0.3 is 15.6 Å². The van der Waals surface area contributed by atoms with Crippen LogP contribution in [-0.4, -0.2) is 31.0 Å². The van der Waals surface area contributed by atoms with Crippen LogP contribution in [0.4, 0.5) is 0 Å². The third-order valence-corrected chi connectivity index (χ3v) is 3.18. The molecule has 1 atom stereocenters. The minimum atomic E-state index is 0.148. The molecule has 0 aliphatic heterocycles. The van der Waals surface area contributed by atoms with Gasteiger partial charge in [-0.3, -0.25) is 0 Å². The number of ether oxygens (including phenoxy) is 1. The fourth-order valence-corrected chi connectivity index (χ4v) is 2.04. The normalized spacial score (nSPS) is 37.5. The van der Waals surface area contributed by atoms with Crippen molar-refractivity contribution in [3.05, 3.63) is 0 Å². The minimum Gasteiger partial charge on any atom is -0.396 e. The van der Waals surface area contributed by atoms with E-state index in [2.05, 4.69) is 0 Å². The van der Waals surface area contributed by atoms with Crippen molar-refractivity contribution in [1.29, 1.82) is 0 Å². The lowest BCUT2D eigenvalue weighted by molar-refractivity contribution is -0.0797. The topological polar surface area (TPSA) is 55.5 Å². The maximum Gasteiger partial charge on any atom is 0.0583 e. The molecule has 12 heavy (non-hydrogen) atoms. The second kappa shape index (κ2) is 3.73. The van der Waals surface area contributed by atoms with Gasteiger partial charge >= 0.3 is 0 Å². The first-order valence-electron chi connectivity index (χ1n) is 4.54. The molecule has 0 amide bonds. The molecular weight excluding hydrogens is 154 g/mol. The van der Waals surface area contributed by atoms with E-state index < -0.39 is 0 Å². The van der Waals surface area contributed by atoms with E-state index in [0.29, 0.717) is 6.10 Å². The summed E-state index contributed by atoms with van der Waals surface area (Å²) in [7, 11) is 1.73. The molecule has 1 aliphatic rings. The second-order valence-corrected chi connectivity index (χ2v) is 3.89. The zero-order chi connectivity index (χ0) is 9.19. The van der Waals surface area contributed by atoms with Gasteiger partial charge in [-0.25, -0.2) is 0 Å². The highest BCUT2D eigenvalue weighted by atomic mass is 16.5. The predicted molar refractivity (Wildman–Crippen MR) is 47.8 cm³/mol. The van der Waals surface area contributed by atoms with Crippen LogP contribution in [-0.2, 0) is 4.74 Å². The van der Waals surface area contributed by atoms with Crippen molar-refractivity contribution in [3.63, 3.8) is 0 Å². The smallest absolute Gasteiger partial charge is 0.0583 e. The Morgan fingerprint density at radius 3 is 2.58 bits per heavy atom. The first kappa shape index (κ1) is 9.96. The molecule has 1 aliphatic carbocycles. The van der Waals surface area contributed by atoms with Crippen LogP contribution in [0.25, 0.3) is 0 Å². The summed E-state index contributed by atoms with van der Waals surface area (Å²) in [6.45, 7) is 2.25. The summed E-state index contributed by atoms with van der Waals surface area (Å²) in [4.78, 5) is 0. The van der Waals surface area contributed by atoms with Gasteiger partial charge in [0.25, 0.3) is 0 Å². The molecule has 0 spiro atoms. The standard InChI is InChI=1S/C9H19NO2/c1-7(10)9(3-4-11)5-8(6-9)12-2/h7-8,11H,3-6,10H2,1-2H3. The van der Waals surface area contributed by atoms with Crippen LogP contribution in [0.3, 0.4) is 0 Å². The number of aliphatic hydroxyl groups is 1. The summed E-state index contributed by atoms with van der Waals surface area (Å²) in [5, 5.41) is 8.88. The molecule has 1 fully saturated rings. The lowest BCUT2D eigenvalue weighted by Crippen LogP contribution is -2.52. The monoisotopic (exact) mass is 173 g/mol. The Kier molecular flexibility index (Phi) is 3.09. The van der Waals surface area contributed by atoms with E-state index in [-0.39, 0.29) is 18.1 Å². The Hall–Kier alpha value is -0.120. The molecule has 1 saturated carbocycles. The van der Waals surface area contributed by atoms with Crippen LogP contribution in [0.15, 0.2) is 0 Å². The van der Waals surface area contributed by atoms with Gasteiger partial charge in [-0.15, -0.1) is 0 Å². The van der Waals surface area contributed by atoms with Crippen LogP contribution in [0, 0.1) is 5.41 Å². The molecule has 3 N–H and O–H groups in total. The zero-order valence-corrected chi connectivity index (χ0v) is 7.92. The number of hydrogen-bond donors (Lipinski definition) is 2. The lowest BCUT2D eigenvalue weighted by atomic mass is 9.61. The first-order valence-corrected chi connectivity index (χ1v) is 4.54. The van der Waals surface area contributed by atoms with Crippen molar-refractivity contribution in [2.45, 2.75) is 38.3 Å². The molecule has 3 nitrogen and oxygen atoms in total. The van der Waals surface area contributed by atoms with E-state index in [1.54, 1.807) is 7.11 Å². The van der Waals surface area contributed by atoms with Gasteiger partial charge in [-0.2, -0.15) is 0 Å². The van der Waals surface area contributed by atoms with E-state index in [0.717, 1.165) is 19.3 Å². The summed E-state index contributed by atoms with van der Waals surface area (Å²) in [6, 6.07) is 0.163. The lowest BCUT2D eigenvalue weighted by Gasteiger charge is -2.49. The molecule has 0 saturated heterocycles. The summed E-state index contributed by atoms with van der Waals surface area (Å²) in [5.74, 6) is 0. The molecule has 3 heteroatoms. The maximum atomic E-state index is 8.88. The highest BCUT2D eigenvalue weighted by molar-refractivity contribution is 4.99. The summed E-state index contributed by atoms with van der Waals surface area (Å²) < 4.78 is 5.20. The average molecular weight is 173 g/mol. The van der Waals surface area contributed by atoms with Crippen LogP contribution in [0.1, 0.15) is 26.2 Å². The van der Waals surface area contributed by atoms with E-state index in [1.165, 1.54) is 0 Å². The second-order valence-electron chi connectivity index (χ2n) is 3.89. The Bertz CT molecular complexity index is 141. The Morgan fingerprint density at radius 2 is 2.25 bits per heavy atom. The first-order chi connectivity index (χ1) is 5.64. The van der Waals surface area contributed by atoms with Crippen molar-refractivity contribution in [1.82, 2.24) is 0 Å². The van der Waals surface area contributed by atoms with Gasteiger partial charge in [0.05, 0.1) is 6.10 Å². The van der Waals surface area contributed by atoms with Crippen LogP contribution in [0.5, 0.6) is 0 Å². The molecule has 1 unspecified atom stereocenters. The maximum absolute atomic E-state index is 8.88. The van der Waals surface area contributed by atoms with Crippen LogP contribution < -0.4 is 5.73 Å². The SMILES string of the molecule is COC1CC(CCO)(C(C)N)C1. The molecule has 0 aromatic rings. The number of hydrogen-bond acceptors (Lipinski definition) is 3. The molecule has 0 aromatic carbocycles. The number of methoxy groups -OCH3 is 1. The third kappa shape index (κ3) is 1.63. The Morgan fingerprint density at radius 1 is 1.67 bits per heavy atom. The predicted octanol–water partition coefficient (Wildman–Crippen LogP) is 0.511. The van der Waals surface area contributed by atoms with E-state index in [1.807, 2.05) is 6.92 Å². The summed E-state index contributed by atoms with van der Waals surface area (Å²) in [6.07, 6.45) is 3.18. The van der Waals surface area contributed by atoms with Gasteiger partial charge in [0.15, 0.2) is 0 Å². The largest absolute Gasteiger partial charge is 0.396 e. The minimum absolute atomic E-state index is 0.148. The van der Waals surface area contributed by atoms with Crippen molar-refractivity contribution < 1.29 is 9.84 Å². The van der Waals surface area contributed by atoms with Gasteiger partial charge in [-0.05, 0) is 31.6 Å². The highest BCUT2D eigenvalue weighted by Gasteiger charge is 2.46. The van der Waals surface area contributed by atoms with Gasteiger partial charge in [0.2, 0.25) is 0 Å². The molecule has 0 bridgehead atoms. The molecular formula is C9H19NO2. The van der Waals surface area contributed by atoms with Crippen LogP contribution in [0.2, 0.25) is 0 Å². The fourth-order valence-electron chi connectivity index (χ4n) is 2.04. The summed E-state index contributed by atoms with van der Waals surface area (Å²) in [5.41, 5.74) is 6.02. The number of aliphatic hydroxyl groups excluding tert-OH is 1. The van der Waals surface area contributed by atoms with Gasteiger partial charge in [0, 0.05) is 19.8 Å². The van der Waals surface area contributed by atoms with E-state index >= 15 is 0 Å². The van der Waals surface area contributed by atoms with Gasteiger partial charge in [-0.1, -0.05) is 0 Å². The van der Waals surface area contributed by atoms with E-state index in [9.17, 15) is 0 Å². The summed E-state index contributed by atoms with van der Waals surface area (Å²) >= 11 is 0. The number of nitrogens with two attached hydrogens (primary N) is 1. The highest BCUT2D eigenvalue weighted by Crippen LogP contribution is 2.47. The fraction of sp³-hybridized carbons (Fsp3) is 1.00. The van der Waals surface area contributed by atoms with Crippen molar-refractivity contribution in [3.8, 4) is 0 Å². The molecule has 0 aromatic heterocycles. The van der Waals surface area contributed by atoms with Crippen molar-refractivity contribution in [2.75, 3.05) is 13.7 Å². The third-order valence-electron chi connectivity index (χ3n) is 3.18. The molecule has 1 rings (SSSR count).